The van der Waals surface area contributed by atoms with E-state index in [9.17, 15) is 57.0 Å². The molecule has 0 saturated carbocycles. The molecule has 0 atom stereocenters. The molecular formula is C20H14N3O13S4. The largest absolute Gasteiger partial charge is 0.505 e. The van der Waals surface area contributed by atoms with Gasteiger partial charge >= 0.3 is 0 Å². The minimum atomic E-state index is -5.25. The first kappa shape index (κ1) is 29.2. The number of nitrogens with one attached hydrogen (secondary N) is 1. The van der Waals surface area contributed by atoms with Crippen molar-refractivity contribution >= 4 is 79.1 Å². The Bertz CT molecular complexity index is 2230. The van der Waals surface area contributed by atoms with Crippen LogP contribution in [0.4, 0.5) is 17.1 Å². The van der Waals surface area contributed by atoms with E-state index in [0.29, 0.717) is 24.3 Å². The number of aromatic hydroxyl groups is 1. The quantitative estimate of drug-likeness (QED) is 0.151. The van der Waals surface area contributed by atoms with Gasteiger partial charge in [-0.25, -0.2) is 0 Å². The van der Waals surface area contributed by atoms with E-state index in [2.05, 4.69) is 10.2 Å². The zero-order chi connectivity index (χ0) is 30.0. The molecule has 0 saturated heterocycles. The second kappa shape index (κ2) is 9.42. The van der Waals surface area contributed by atoms with Gasteiger partial charge in [0.1, 0.15) is 26.1 Å². The molecule has 0 aliphatic rings. The Balaban J connectivity index is 2.11. The van der Waals surface area contributed by atoms with E-state index in [1.165, 1.54) is 12.1 Å². The van der Waals surface area contributed by atoms with E-state index < -0.39 is 88.0 Å². The van der Waals surface area contributed by atoms with Gasteiger partial charge in [-0.2, -0.15) is 33.7 Å². The Labute approximate surface area is 225 Å². The predicted octanol–water partition coefficient (Wildman–Crippen LogP) is 3.02. The molecule has 4 aromatic carbocycles. The molecule has 16 nitrogen and oxygen atoms in total. The van der Waals surface area contributed by atoms with Crippen LogP contribution in [-0.4, -0.2) is 57.0 Å². The molecule has 20 heteroatoms. The minimum Gasteiger partial charge on any atom is -0.505 e. The summed E-state index contributed by atoms with van der Waals surface area (Å²) in [6.07, 6.45) is 0. The maximum absolute atomic E-state index is 12.1. The van der Waals surface area contributed by atoms with Gasteiger partial charge in [-0.1, -0.05) is 6.07 Å². The molecule has 40 heavy (non-hydrogen) atoms. The smallest absolute Gasteiger partial charge is 0.296 e. The Morgan fingerprint density at radius 3 is 1.70 bits per heavy atom. The van der Waals surface area contributed by atoms with Crippen molar-refractivity contribution in [3.05, 3.63) is 48.5 Å². The van der Waals surface area contributed by atoms with E-state index in [0.717, 1.165) is 12.1 Å². The Hall–Kier alpha value is -3.76. The fraction of sp³-hybridized carbons (Fsp3) is 0. The van der Waals surface area contributed by atoms with Crippen molar-refractivity contribution in [3.63, 3.8) is 0 Å². The summed E-state index contributed by atoms with van der Waals surface area (Å²) in [6, 6.07) is 6.61. The predicted molar refractivity (Wildman–Crippen MR) is 136 cm³/mol. The molecule has 0 unspecified atom stereocenters. The van der Waals surface area contributed by atoms with Gasteiger partial charge in [0, 0.05) is 10.8 Å². The van der Waals surface area contributed by atoms with Crippen LogP contribution in [0.5, 0.6) is 5.75 Å². The molecule has 6 N–H and O–H groups in total. The van der Waals surface area contributed by atoms with Gasteiger partial charge in [-0.15, -0.1) is 10.2 Å². The number of benzene rings is 4. The summed E-state index contributed by atoms with van der Waals surface area (Å²) in [4.78, 5) is -4.31. The Morgan fingerprint density at radius 2 is 1.15 bits per heavy atom. The minimum absolute atomic E-state index is 0.0526. The summed E-state index contributed by atoms with van der Waals surface area (Å²) in [5.74, 6) is -0.909. The Kier molecular flexibility index (Phi) is 6.88. The van der Waals surface area contributed by atoms with E-state index in [4.69, 9.17) is 5.73 Å². The summed E-state index contributed by atoms with van der Waals surface area (Å²) in [6.45, 7) is 0. The van der Waals surface area contributed by atoms with Gasteiger partial charge in [0.25, 0.3) is 40.5 Å². The van der Waals surface area contributed by atoms with Crippen molar-refractivity contribution in [2.24, 2.45) is 10.2 Å². The fourth-order valence-corrected chi connectivity index (χ4v) is 6.35. The van der Waals surface area contributed by atoms with Gasteiger partial charge < -0.3 is 10.8 Å². The highest BCUT2D eigenvalue weighted by Gasteiger charge is 2.26. The first-order valence-corrected chi connectivity index (χ1v) is 15.9. The average Bonchev–Trinajstić information content (AvgIpc) is 2.80. The number of nitrogens with zero attached hydrogens (tertiary/aromatic N) is 2. The zero-order valence-corrected chi connectivity index (χ0v) is 22.4. The molecule has 1 radical (unpaired) electrons. The number of hydrogen-bond acceptors (Lipinski definition) is 11. The third-order valence-corrected chi connectivity index (χ3v) is 8.88. The molecule has 0 aromatic heterocycles. The molecule has 0 heterocycles. The highest BCUT2D eigenvalue weighted by atomic mass is 32.2. The van der Waals surface area contributed by atoms with Crippen LogP contribution >= 0.6 is 0 Å². The molecule has 0 aliphatic carbocycles. The summed E-state index contributed by atoms with van der Waals surface area (Å²) < 4.78 is 134. The van der Waals surface area contributed by atoms with E-state index in [1.54, 1.807) is 0 Å². The molecule has 0 bridgehead atoms. The average molecular weight is 633 g/mol. The van der Waals surface area contributed by atoms with Crippen LogP contribution in [0.1, 0.15) is 0 Å². The van der Waals surface area contributed by atoms with Crippen LogP contribution in [0.2, 0.25) is 0 Å². The highest BCUT2D eigenvalue weighted by molar-refractivity contribution is 7.87. The first-order valence-electron chi connectivity index (χ1n) is 10.1. The Morgan fingerprint density at radius 1 is 0.575 bits per heavy atom. The van der Waals surface area contributed by atoms with Gasteiger partial charge in [0.15, 0.2) is 5.75 Å². The maximum Gasteiger partial charge on any atom is 0.296 e. The summed E-state index contributed by atoms with van der Waals surface area (Å²) in [5, 5.41) is 16.5. The number of phenols is 1. The number of fused-ring (bicyclic) bond motifs is 2. The summed E-state index contributed by atoms with van der Waals surface area (Å²) in [5.41, 5.74) is 5.76. The van der Waals surface area contributed by atoms with Crippen molar-refractivity contribution in [2.75, 3.05) is 0 Å². The maximum atomic E-state index is 12.1. The van der Waals surface area contributed by atoms with E-state index in [-0.39, 0.29) is 16.5 Å². The van der Waals surface area contributed by atoms with Crippen LogP contribution in [0.15, 0.2) is 78.3 Å². The lowest BCUT2D eigenvalue weighted by atomic mass is 10.1. The number of rotatable bonds is 6. The van der Waals surface area contributed by atoms with Gasteiger partial charge in [0.2, 0.25) is 0 Å². The second-order valence-electron chi connectivity index (χ2n) is 8.07. The standard InChI is InChI=1S/C20H14N3O13S4/c21-11-2-1-9-4-18(40(34,35)36)19(20(24)14(9)6-11)23-22-15-8-13-10(5-17(15)39(31,32)33)3-12(37(25,26)27)7-16(13)38(28,29)30/h1-8,21,24H,(H,25,26,27)(H,28,29,30)(H,31,32,33)(H,34,35,36). The second-order valence-corrected chi connectivity index (χ2v) is 13.7. The molecule has 211 valence electrons. The normalized spacial score (nSPS) is 13.4. The zero-order valence-electron chi connectivity index (χ0n) is 19.1. The molecular weight excluding hydrogens is 618 g/mol. The SMILES string of the molecule is [NH]c1ccc2cc(S(=O)(=O)O)c(N=Nc3cc4c(S(=O)(=O)O)cc(S(=O)(=O)O)cc4cc3S(=O)(=O)O)c(O)c2c1. The number of phenolic OH excluding ortho intramolecular Hbond substituents is 1. The lowest BCUT2D eigenvalue weighted by molar-refractivity contribution is 0.471. The molecule has 0 fully saturated rings. The molecule has 0 spiro atoms. The summed E-state index contributed by atoms with van der Waals surface area (Å²) in [7, 11) is -20.7. The lowest BCUT2D eigenvalue weighted by Gasteiger charge is -2.11. The van der Waals surface area contributed by atoms with Gasteiger partial charge in [-0.3, -0.25) is 18.2 Å². The molecule has 0 aliphatic heterocycles. The van der Waals surface area contributed by atoms with Crippen molar-refractivity contribution in [3.8, 4) is 5.75 Å². The van der Waals surface area contributed by atoms with Gasteiger partial charge in [0.05, 0.1) is 10.6 Å². The monoisotopic (exact) mass is 632 g/mol. The van der Waals surface area contributed by atoms with Crippen LogP contribution in [0, 0.1) is 0 Å². The fourth-order valence-electron chi connectivity index (χ4n) is 3.70. The molecule has 4 aromatic rings. The van der Waals surface area contributed by atoms with Crippen LogP contribution < -0.4 is 5.73 Å². The lowest BCUT2D eigenvalue weighted by Crippen LogP contribution is -2.05. The van der Waals surface area contributed by atoms with Crippen LogP contribution in [-0.2, 0) is 40.5 Å². The highest BCUT2D eigenvalue weighted by Crippen LogP contribution is 2.43. The third kappa shape index (κ3) is 5.59. The molecule has 4 rings (SSSR count). The van der Waals surface area contributed by atoms with E-state index >= 15 is 0 Å². The van der Waals surface area contributed by atoms with Crippen LogP contribution in [0.25, 0.3) is 21.5 Å². The molecule has 0 amide bonds. The third-order valence-electron chi connectivity index (χ3n) is 5.41. The number of hydrogen-bond donors (Lipinski definition) is 5. The van der Waals surface area contributed by atoms with Gasteiger partial charge in [-0.05, 0) is 53.2 Å². The van der Waals surface area contributed by atoms with Crippen LogP contribution in [0.3, 0.4) is 0 Å². The van der Waals surface area contributed by atoms with Crippen molar-refractivity contribution < 1.29 is 57.0 Å². The van der Waals surface area contributed by atoms with Crippen molar-refractivity contribution in [1.29, 1.82) is 0 Å². The number of azo groups is 1. The van der Waals surface area contributed by atoms with Crippen molar-refractivity contribution in [1.82, 2.24) is 5.73 Å². The first-order chi connectivity index (χ1) is 18.2. The van der Waals surface area contributed by atoms with E-state index in [1.807, 2.05) is 0 Å². The topological polar surface area (TPSA) is 286 Å². The summed E-state index contributed by atoms with van der Waals surface area (Å²) >= 11 is 0. The van der Waals surface area contributed by atoms with Crippen molar-refractivity contribution in [2.45, 2.75) is 19.6 Å².